The molecule has 0 aliphatic rings. The zero-order valence-electron chi connectivity index (χ0n) is 13.2. The maximum Gasteiger partial charge on any atom is 0.0305 e. The van der Waals surface area contributed by atoms with Crippen LogP contribution in [0, 0.1) is 0 Å². The first-order valence-corrected chi connectivity index (χ1v) is 8.43. The van der Waals surface area contributed by atoms with Gasteiger partial charge in [0.25, 0.3) is 0 Å². The van der Waals surface area contributed by atoms with Gasteiger partial charge < -0.3 is 0 Å². The van der Waals surface area contributed by atoms with E-state index >= 15 is 0 Å². The summed E-state index contributed by atoms with van der Waals surface area (Å²) in [5.74, 6) is 0. The minimum atomic E-state index is 1.14. The van der Waals surface area contributed by atoms with Crippen LogP contribution in [0.4, 0.5) is 0 Å². The van der Waals surface area contributed by atoms with Crippen LogP contribution < -0.4 is 0 Å². The maximum absolute atomic E-state index is 4.21. The van der Waals surface area contributed by atoms with Gasteiger partial charge in [-0.2, -0.15) is 0 Å². The van der Waals surface area contributed by atoms with Crippen molar-refractivity contribution in [1.29, 1.82) is 0 Å². The number of unbranched alkanes of at least 4 members (excludes halogenated alkanes) is 9. The van der Waals surface area contributed by atoms with E-state index in [1.165, 1.54) is 75.3 Å². The van der Waals surface area contributed by atoms with Crippen molar-refractivity contribution >= 4 is 6.08 Å². The van der Waals surface area contributed by atoms with Gasteiger partial charge in [-0.15, -0.1) is 0 Å². The zero-order valence-corrected chi connectivity index (χ0v) is 13.2. The van der Waals surface area contributed by atoms with Crippen molar-refractivity contribution in [2.45, 2.75) is 77.6 Å². The van der Waals surface area contributed by atoms with Gasteiger partial charge in [-0.3, -0.25) is 4.98 Å². The zero-order chi connectivity index (χ0) is 14.5. The summed E-state index contributed by atoms with van der Waals surface area (Å²) in [5.41, 5.74) is 2.60. The summed E-state index contributed by atoms with van der Waals surface area (Å²) in [6, 6.07) is 2.05. The highest BCUT2D eigenvalue weighted by Gasteiger charge is 1.99. The van der Waals surface area contributed by atoms with Gasteiger partial charge in [-0.05, 0) is 30.0 Å². The molecule has 1 aromatic heterocycles. The third-order valence-corrected chi connectivity index (χ3v) is 3.96. The van der Waals surface area contributed by atoms with Gasteiger partial charge in [0.05, 0.1) is 0 Å². The second kappa shape index (κ2) is 11.7. The van der Waals surface area contributed by atoms with Gasteiger partial charge >= 0.3 is 0 Å². The summed E-state index contributed by atoms with van der Waals surface area (Å²) in [5, 5.41) is 0. The Kier molecular flexibility index (Phi) is 9.91. The van der Waals surface area contributed by atoms with Gasteiger partial charge in [0.15, 0.2) is 0 Å². The molecule has 0 fully saturated rings. The van der Waals surface area contributed by atoms with Crippen LogP contribution in [0.1, 0.15) is 82.3 Å². The van der Waals surface area contributed by atoms with Crippen LogP contribution in [0.3, 0.4) is 0 Å². The fourth-order valence-electron chi connectivity index (χ4n) is 2.65. The number of hydrogen-bond acceptors (Lipinski definition) is 1. The fraction of sp³-hybridized carbons (Fsp3) is 0.632. The third kappa shape index (κ3) is 7.47. The van der Waals surface area contributed by atoms with Crippen molar-refractivity contribution in [3.8, 4) is 0 Å². The highest BCUT2D eigenvalue weighted by atomic mass is 14.6. The van der Waals surface area contributed by atoms with Gasteiger partial charge in [0.2, 0.25) is 0 Å². The van der Waals surface area contributed by atoms with Crippen LogP contribution in [-0.2, 0) is 6.42 Å². The van der Waals surface area contributed by atoms with Gasteiger partial charge in [0, 0.05) is 12.4 Å². The van der Waals surface area contributed by atoms with Gasteiger partial charge in [0.1, 0.15) is 0 Å². The molecule has 0 bridgehead atoms. The molecular weight excluding hydrogens is 242 g/mol. The predicted molar refractivity (Wildman–Crippen MR) is 89.9 cm³/mol. The molecule has 1 nitrogen and oxygen atoms in total. The molecule has 0 radical (unpaired) electrons. The topological polar surface area (TPSA) is 12.9 Å². The van der Waals surface area contributed by atoms with E-state index in [0.717, 1.165) is 6.42 Å². The Hall–Kier alpha value is -1.11. The number of pyridine rings is 1. The number of rotatable bonds is 12. The molecule has 0 unspecified atom stereocenters. The highest BCUT2D eigenvalue weighted by molar-refractivity contribution is 5.50. The molecule has 0 aliphatic heterocycles. The number of aromatic nitrogens is 1. The first-order valence-electron chi connectivity index (χ1n) is 8.43. The Morgan fingerprint density at radius 3 is 2.15 bits per heavy atom. The predicted octanol–water partition coefficient (Wildman–Crippen LogP) is 6.19. The third-order valence-electron chi connectivity index (χ3n) is 3.96. The summed E-state index contributed by atoms with van der Waals surface area (Å²) in [4.78, 5) is 4.21. The minimum absolute atomic E-state index is 1.14. The maximum atomic E-state index is 4.21. The van der Waals surface area contributed by atoms with E-state index in [1.54, 1.807) is 0 Å². The summed E-state index contributed by atoms with van der Waals surface area (Å²) in [6.07, 6.45) is 20.8. The average Bonchev–Trinajstić information content (AvgIpc) is 2.49. The van der Waals surface area contributed by atoms with Crippen molar-refractivity contribution in [2.24, 2.45) is 0 Å². The Labute approximate surface area is 125 Å². The lowest BCUT2D eigenvalue weighted by molar-refractivity contribution is 0.556. The molecule has 20 heavy (non-hydrogen) atoms. The van der Waals surface area contributed by atoms with Crippen LogP contribution in [0.2, 0.25) is 0 Å². The number of hydrogen-bond donors (Lipinski definition) is 0. The number of aryl methyl sites for hydroxylation is 1. The largest absolute Gasteiger partial charge is 0.264 e. The molecule has 1 aromatic rings. The van der Waals surface area contributed by atoms with Crippen molar-refractivity contribution in [2.75, 3.05) is 0 Å². The second-order valence-corrected chi connectivity index (χ2v) is 5.71. The van der Waals surface area contributed by atoms with E-state index in [2.05, 4.69) is 24.6 Å². The smallest absolute Gasteiger partial charge is 0.0305 e. The normalized spacial score (nSPS) is 10.7. The van der Waals surface area contributed by atoms with Crippen LogP contribution in [-0.4, -0.2) is 4.98 Å². The molecule has 1 heteroatoms. The van der Waals surface area contributed by atoms with E-state index in [0.29, 0.717) is 0 Å². The van der Waals surface area contributed by atoms with Crippen molar-refractivity contribution in [3.63, 3.8) is 0 Å². The molecule has 0 amide bonds. The van der Waals surface area contributed by atoms with Crippen LogP contribution >= 0.6 is 0 Å². The summed E-state index contributed by atoms with van der Waals surface area (Å²) >= 11 is 0. The molecule has 0 saturated heterocycles. The molecular formula is C19H31N. The van der Waals surface area contributed by atoms with E-state index in [1.807, 2.05) is 18.5 Å². The van der Waals surface area contributed by atoms with Crippen molar-refractivity contribution < 1.29 is 0 Å². The molecule has 0 aromatic carbocycles. The van der Waals surface area contributed by atoms with E-state index in [4.69, 9.17) is 0 Å². The van der Waals surface area contributed by atoms with Crippen LogP contribution in [0.25, 0.3) is 6.08 Å². The van der Waals surface area contributed by atoms with Crippen LogP contribution in [0.15, 0.2) is 25.0 Å². The first kappa shape index (κ1) is 16.9. The first-order chi connectivity index (χ1) is 9.88. The minimum Gasteiger partial charge on any atom is -0.264 e. The monoisotopic (exact) mass is 273 g/mol. The Morgan fingerprint density at radius 1 is 0.950 bits per heavy atom. The lowest BCUT2D eigenvalue weighted by Crippen LogP contribution is -1.91. The SMILES string of the molecule is C=Cc1ccncc1CCCCCCCCCCCC. The molecule has 0 spiro atoms. The fourth-order valence-corrected chi connectivity index (χ4v) is 2.65. The van der Waals surface area contributed by atoms with Crippen LogP contribution in [0.5, 0.6) is 0 Å². The Morgan fingerprint density at radius 2 is 1.55 bits per heavy atom. The average molecular weight is 273 g/mol. The van der Waals surface area contributed by atoms with Crippen molar-refractivity contribution in [3.05, 3.63) is 36.2 Å². The number of nitrogens with zero attached hydrogens (tertiary/aromatic N) is 1. The van der Waals surface area contributed by atoms with E-state index < -0.39 is 0 Å². The second-order valence-electron chi connectivity index (χ2n) is 5.71. The molecule has 1 rings (SSSR count). The summed E-state index contributed by atoms with van der Waals surface area (Å²) in [6.45, 7) is 6.14. The standard InChI is InChI=1S/C19H31N/c1-3-5-6-7-8-9-10-11-12-13-14-19-17-20-16-15-18(19)4-2/h4,15-17H,2-3,5-14H2,1H3. The summed E-state index contributed by atoms with van der Waals surface area (Å²) < 4.78 is 0. The Bertz CT molecular complexity index is 357. The molecule has 0 saturated carbocycles. The molecule has 0 N–H and O–H groups in total. The molecule has 112 valence electrons. The van der Waals surface area contributed by atoms with E-state index in [-0.39, 0.29) is 0 Å². The van der Waals surface area contributed by atoms with Gasteiger partial charge in [-0.25, -0.2) is 0 Å². The lowest BCUT2D eigenvalue weighted by atomic mass is 10.0. The molecule has 0 aliphatic carbocycles. The summed E-state index contributed by atoms with van der Waals surface area (Å²) in [7, 11) is 0. The highest BCUT2D eigenvalue weighted by Crippen LogP contribution is 2.14. The van der Waals surface area contributed by atoms with Crippen molar-refractivity contribution in [1.82, 2.24) is 4.98 Å². The van der Waals surface area contributed by atoms with E-state index in [9.17, 15) is 0 Å². The molecule has 1 heterocycles. The van der Waals surface area contributed by atoms with Gasteiger partial charge in [-0.1, -0.05) is 77.4 Å². The lowest BCUT2D eigenvalue weighted by Gasteiger charge is -2.05. The molecule has 0 atom stereocenters. The quantitative estimate of drug-likeness (QED) is 0.414. The Balaban J connectivity index is 1.98.